The second-order valence-corrected chi connectivity index (χ2v) is 3.61. The maximum absolute atomic E-state index is 10.6. The maximum atomic E-state index is 10.6. The minimum absolute atomic E-state index is 0.120. The van der Waals surface area contributed by atoms with Gasteiger partial charge in [-0.25, -0.2) is 0 Å². The van der Waals surface area contributed by atoms with Crippen molar-refractivity contribution in [1.82, 2.24) is 0 Å². The van der Waals surface area contributed by atoms with Gasteiger partial charge in [0.1, 0.15) is 0 Å². The Bertz CT molecular complexity index is 424. The number of benzene rings is 1. The minimum Gasteiger partial charge on any atom is -0.504 e. The van der Waals surface area contributed by atoms with E-state index >= 15 is 0 Å². The monoisotopic (exact) mass is 240 g/mol. The molecule has 0 atom stereocenters. The molecule has 0 fully saturated rings. The Morgan fingerprint density at radius 2 is 1.59 bits per heavy atom. The summed E-state index contributed by atoms with van der Waals surface area (Å²) in [5.74, 6) is -4.08. The SMILES string of the molecule is O=C(O)CC(CC(=O)O)c1cccc(O)c1O. The molecular formula is C11H12O6. The van der Waals surface area contributed by atoms with Crippen molar-refractivity contribution >= 4 is 11.9 Å². The molecule has 0 unspecified atom stereocenters. The van der Waals surface area contributed by atoms with Crippen LogP contribution >= 0.6 is 0 Å². The van der Waals surface area contributed by atoms with Crippen molar-refractivity contribution in [2.24, 2.45) is 0 Å². The molecule has 0 aliphatic carbocycles. The molecule has 17 heavy (non-hydrogen) atoms. The standard InChI is InChI=1S/C11H12O6/c12-8-3-1-2-7(11(8)17)6(4-9(13)14)5-10(15)16/h1-3,6,12,17H,4-5H2,(H,13,14)(H,15,16). The summed E-state index contributed by atoms with van der Waals surface area (Å²) in [6.07, 6.45) is -0.855. The van der Waals surface area contributed by atoms with E-state index in [-0.39, 0.29) is 5.56 Å². The lowest BCUT2D eigenvalue weighted by molar-refractivity contribution is -0.139. The molecule has 1 aromatic carbocycles. The number of hydrogen-bond acceptors (Lipinski definition) is 4. The molecular weight excluding hydrogens is 228 g/mol. The van der Waals surface area contributed by atoms with Crippen LogP contribution in [0.2, 0.25) is 0 Å². The van der Waals surface area contributed by atoms with Gasteiger partial charge < -0.3 is 20.4 Å². The fourth-order valence-electron chi connectivity index (χ4n) is 1.59. The quantitative estimate of drug-likeness (QED) is 0.573. The van der Waals surface area contributed by atoms with Crippen LogP contribution in [0.3, 0.4) is 0 Å². The highest BCUT2D eigenvalue weighted by Crippen LogP contribution is 2.36. The molecule has 0 saturated heterocycles. The van der Waals surface area contributed by atoms with Crippen LogP contribution in [-0.4, -0.2) is 32.4 Å². The number of phenolic OH excluding ortho intramolecular Hbond substituents is 2. The molecule has 0 bridgehead atoms. The molecule has 92 valence electrons. The Kier molecular flexibility index (Phi) is 3.92. The average molecular weight is 240 g/mol. The molecule has 0 aromatic heterocycles. The average Bonchev–Trinajstić information content (AvgIpc) is 2.19. The van der Waals surface area contributed by atoms with E-state index in [4.69, 9.17) is 10.2 Å². The maximum Gasteiger partial charge on any atom is 0.303 e. The smallest absolute Gasteiger partial charge is 0.303 e. The number of aromatic hydroxyl groups is 2. The Morgan fingerprint density at radius 1 is 1.06 bits per heavy atom. The first kappa shape index (κ1) is 12.8. The first-order chi connectivity index (χ1) is 7.91. The molecule has 4 N–H and O–H groups in total. The van der Waals surface area contributed by atoms with Crippen LogP contribution < -0.4 is 0 Å². The first-order valence-electron chi connectivity index (χ1n) is 4.86. The summed E-state index contributed by atoms with van der Waals surface area (Å²) in [5.41, 5.74) is 0.120. The van der Waals surface area contributed by atoms with E-state index in [1.54, 1.807) is 0 Å². The second-order valence-electron chi connectivity index (χ2n) is 3.61. The highest BCUT2D eigenvalue weighted by molar-refractivity contribution is 5.73. The lowest BCUT2D eigenvalue weighted by Crippen LogP contribution is -2.11. The number of phenols is 2. The molecule has 0 amide bonds. The van der Waals surface area contributed by atoms with Crippen molar-refractivity contribution in [2.75, 3.05) is 0 Å². The van der Waals surface area contributed by atoms with Crippen molar-refractivity contribution in [3.8, 4) is 11.5 Å². The zero-order valence-electron chi connectivity index (χ0n) is 8.83. The molecule has 1 aromatic rings. The van der Waals surface area contributed by atoms with Crippen molar-refractivity contribution in [3.63, 3.8) is 0 Å². The lowest BCUT2D eigenvalue weighted by atomic mass is 9.91. The Hall–Kier alpha value is -2.24. The molecule has 0 spiro atoms. The van der Waals surface area contributed by atoms with Crippen LogP contribution in [0.15, 0.2) is 18.2 Å². The number of para-hydroxylation sites is 1. The Morgan fingerprint density at radius 3 is 2.06 bits per heavy atom. The van der Waals surface area contributed by atoms with Gasteiger partial charge in [-0.15, -0.1) is 0 Å². The molecule has 0 aliphatic heterocycles. The van der Waals surface area contributed by atoms with Gasteiger partial charge in [0.2, 0.25) is 0 Å². The molecule has 0 aliphatic rings. The highest BCUT2D eigenvalue weighted by Gasteiger charge is 2.22. The van der Waals surface area contributed by atoms with E-state index in [0.717, 1.165) is 0 Å². The Balaban J connectivity index is 3.07. The number of hydrogen-bond donors (Lipinski definition) is 4. The van der Waals surface area contributed by atoms with Crippen molar-refractivity contribution in [1.29, 1.82) is 0 Å². The van der Waals surface area contributed by atoms with Gasteiger partial charge in [-0.1, -0.05) is 12.1 Å². The van der Waals surface area contributed by atoms with E-state index in [2.05, 4.69) is 0 Å². The third kappa shape index (κ3) is 3.37. The van der Waals surface area contributed by atoms with Crippen LogP contribution in [0, 0.1) is 0 Å². The van der Waals surface area contributed by atoms with E-state index in [0.29, 0.717) is 0 Å². The van der Waals surface area contributed by atoms with Gasteiger partial charge in [-0.3, -0.25) is 9.59 Å². The summed E-state index contributed by atoms with van der Waals surface area (Å²) < 4.78 is 0. The molecule has 0 heterocycles. The number of rotatable bonds is 5. The van der Waals surface area contributed by atoms with Crippen LogP contribution in [0.5, 0.6) is 11.5 Å². The predicted octanol–water partition coefficient (Wildman–Crippen LogP) is 1.13. The molecule has 6 heteroatoms. The Labute approximate surface area is 96.8 Å². The predicted molar refractivity (Wildman–Crippen MR) is 57.0 cm³/mol. The van der Waals surface area contributed by atoms with Gasteiger partial charge in [0, 0.05) is 11.5 Å². The summed E-state index contributed by atoms with van der Waals surface area (Å²) in [4.78, 5) is 21.2. The van der Waals surface area contributed by atoms with Gasteiger partial charge in [0.25, 0.3) is 0 Å². The zero-order chi connectivity index (χ0) is 13.0. The third-order valence-corrected chi connectivity index (χ3v) is 2.33. The fourth-order valence-corrected chi connectivity index (χ4v) is 1.59. The van der Waals surface area contributed by atoms with Crippen LogP contribution in [0.4, 0.5) is 0 Å². The molecule has 1 rings (SSSR count). The largest absolute Gasteiger partial charge is 0.504 e. The normalized spacial score (nSPS) is 10.4. The summed E-state index contributed by atoms with van der Waals surface area (Å²) in [6, 6.07) is 4.05. The van der Waals surface area contributed by atoms with Gasteiger partial charge in [-0.05, 0) is 6.07 Å². The number of carboxylic acid groups (broad SMARTS) is 2. The van der Waals surface area contributed by atoms with Crippen LogP contribution in [0.25, 0.3) is 0 Å². The number of carbonyl (C=O) groups is 2. The van der Waals surface area contributed by atoms with Crippen molar-refractivity contribution < 1.29 is 30.0 Å². The summed E-state index contributed by atoms with van der Waals surface area (Å²) in [5, 5.41) is 36.2. The van der Waals surface area contributed by atoms with Gasteiger partial charge in [-0.2, -0.15) is 0 Å². The second kappa shape index (κ2) is 5.20. The lowest BCUT2D eigenvalue weighted by Gasteiger charge is -2.14. The molecule has 0 saturated carbocycles. The van der Waals surface area contributed by atoms with E-state index in [1.165, 1.54) is 18.2 Å². The van der Waals surface area contributed by atoms with Gasteiger partial charge >= 0.3 is 11.9 Å². The first-order valence-corrected chi connectivity index (χ1v) is 4.86. The third-order valence-electron chi connectivity index (χ3n) is 2.33. The van der Waals surface area contributed by atoms with E-state index in [1.807, 2.05) is 0 Å². The highest BCUT2D eigenvalue weighted by atomic mass is 16.4. The molecule has 6 nitrogen and oxygen atoms in total. The van der Waals surface area contributed by atoms with Crippen molar-refractivity contribution in [2.45, 2.75) is 18.8 Å². The fraction of sp³-hybridized carbons (Fsp3) is 0.273. The zero-order valence-corrected chi connectivity index (χ0v) is 8.83. The van der Waals surface area contributed by atoms with E-state index in [9.17, 15) is 19.8 Å². The van der Waals surface area contributed by atoms with E-state index < -0.39 is 42.2 Å². The van der Waals surface area contributed by atoms with Crippen LogP contribution in [0.1, 0.15) is 24.3 Å². The minimum atomic E-state index is -1.17. The summed E-state index contributed by atoms with van der Waals surface area (Å²) in [7, 11) is 0. The number of carboxylic acids is 2. The van der Waals surface area contributed by atoms with Crippen LogP contribution in [-0.2, 0) is 9.59 Å². The van der Waals surface area contributed by atoms with Gasteiger partial charge in [0.15, 0.2) is 11.5 Å². The van der Waals surface area contributed by atoms with Crippen molar-refractivity contribution in [3.05, 3.63) is 23.8 Å². The van der Waals surface area contributed by atoms with Gasteiger partial charge in [0.05, 0.1) is 12.8 Å². The molecule has 0 radical (unpaired) electrons. The summed E-state index contributed by atoms with van der Waals surface area (Å²) >= 11 is 0. The summed E-state index contributed by atoms with van der Waals surface area (Å²) in [6.45, 7) is 0. The number of aliphatic carboxylic acids is 2. The topological polar surface area (TPSA) is 115 Å².